The third kappa shape index (κ3) is 3.65. The van der Waals surface area contributed by atoms with Crippen LogP contribution in [0.3, 0.4) is 0 Å². The van der Waals surface area contributed by atoms with Crippen LogP contribution in [0.25, 0.3) is 0 Å². The van der Waals surface area contributed by atoms with E-state index in [1.807, 2.05) is 11.8 Å². The highest BCUT2D eigenvalue weighted by atomic mass is 32.2. The molecule has 3 heteroatoms. The molecule has 64 valence electrons. The summed E-state index contributed by atoms with van der Waals surface area (Å²) in [6.45, 7) is 8.69. The second-order valence-corrected chi connectivity index (χ2v) is 5.50. The van der Waals surface area contributed by atoms with Crippen LogP contribution in [0, 0.1) is 0 Å². The van der Waals surface area contributed by atoms with E-state index in [1.54, 1.807) is 0 Å². The molecule has 0 aromatic rings. The Morgan fingerprint density at radius 3 is 2.64 bits per heavy atom. The molecule has 0 aliphatic carbocycles. The molecule has 0 atom stereocenters. The third-order valence-corrected chi connectivity index (χ3v) is 2.35. The Labute approximate surface area is 72.9 Å². The molecule has 1 heterocycles. The van der Waals surface area contributed by atoms with E-state index in [-0.39, 0.29) is 4.75 Å². The Balaban J connectivity index is 2.42. The monoisotopic (exact) mass is 172 g/mol. The Hall–Kier alpha value is -0.180. The largest absolute Gasteiger partial charge is 0.365 e. The Bertz CT molecular complexity index is 158. The van der Waals surface area contributed by atoms with Gasteiger partial charge in [0.15, 0.2) is 5.17 Å². The average molecular weight is 172 g/mol. The van der Waals surface area contributed by atoms with Crippen molar-refractivity contribution in [1.82, 2.24) is 5.32 Å². The maximum atomic E-state index is 4.38. The quantitative estimate of drug-likeness (QED) is 0.603. The number of aliphatic imine (C=N–C) groups is 1. The molecule has 1 aliphatic heterocycles. The van der Waals surface area contributed by atoms with Gasteiger partial charge in [-0.3, -0.25) is 4.99 Å². The molecule has 0 amide bonds. The van der Waals surface area contributed by atoms with Crippen LogP contribution in [-0.2, 0) is 0 Å². The first-order valence-corrected chi connectivity index (χ1v) is 4.87. The number of amidine groups is 1. The lowest BCUT2D eigenvalue weighted by atomic mass is 10.3. The van der Waals surface area contributed by atoms with Crippen molar-refractivity contribution in [1.29, 1.82) is 0 Å². The molecule has 1 N–H and O–H groups in total. The summed E-state index contributed by atoms with van der Waals surface area (Å²) in [4.78, 5) is 4.38. The van der Waals surface area contributed by atoms with Crippen molar-refractivity contribution in [2.24, 2.45) is 4.99 Å². The van der Waals surface area contributed by atoms with Gasteiger partial charge in [0.2, 0.25) is 0 Å². The van der Waals surface area contributed by atoms with Crippen molar-refractivity contribution in [2.45, 2.75) is 31.9 Å². The van der Waals surface area contributed by atoms with Crippen LogP contribution < -0.4 is 5.32 Å². The van der Waals surface area contributed by atoms with Gasteiger partial charge in [-0.2, -0.15) is 0 Å². The SMILES string of the molecule is CC(C)(C)SC1=NCCCN1. The smallest absolute Gasteiger partial charge is 0.157 e. The van der Waals surface area contributed by atoms with E-state index >= 15 is 0 Å². The van der Waals surface area contributed by atoms with E-state index in [0.29, 0.717) is 0 Å². The minimum Gasteiger partial charge on any atom is -0.365 e. The van der Waals surface area contributed by atoms with Gasteiger partial charge in [-0.05, 0) is 6.42 Å². The topological polar surface area (TPSA) is 24.4 Å². The molecule has 1 rings (SSSR count). The van der Waals surface area contributed by atoms with Crippen molar-refractivity contribution in [2.75, 3.05) is 13.1 Å². The molecule has 0 aromatic carbocycles. The summed E-state index contributed by atoms with van der Waals surface area (Å²) in [5.74, 6) is 0. The van der Waals surface area contributed by atoms with Crippen molar-refractivity contribution < 1.29 is 0 Å². The van der Waals surface area contributed by atoms with Crippen LogP contribution >= 0.6 is 11.8 Å². The van der Waals surface area contributed by atoms with Crippen LogP contribution in [0.4, 0.5) is 0 Å². The average Bonchev–Trinajstić information content (AvgIpc) is 1.85. The molecule has 1 aliphatic rings. The third-order valence-electron chi connectivity index (χ3n) is 1.27. The second kappa shape index (κ2) is 3.48. The van der Waals surface area contributed by atoms with Gasteiger partial charge >= 0.3 is 0 Å². The zero-order valence-corrected chi connectivity index (χ0v) is 8.29. The van der Waals surface area contributed by atoms with Crippen LogP contribution in [0.2, 0.25) is 0 Å². The lowest BCUT2D eigenvalue weighted by molar-refractivity contribution is 0.747. The summed E-state index contributed by atoms with van der Waals surface area (Å²) in [5.41, 5.74) is 0. The van der Waals surface area contributed by atoms with Crippen LogP contribution in [0.5, 0.6) is 0 Å². The Kier molecular flexibility index (Phi) is 2.82. The van der Waals surface area contributed by atoms with Crippen LogP contribution in [-0.4, -0.2) is 23.0 Å². The maximum absolute atomic E-state index is 4.38. The van der Waals surface area contributed by atoms with Crippen molar-refractivity contribution in [3.63, 3.8) is 0 Å². The maximum Gasteiger partial charge on any atom is 0.157 e. The normalized spacial score (nSPS) is 19.0. The minimum absolute atomic E-state index is 0.281. The molecule has 0 radical (unpaired) electrons. The fourth-order valence-electron chi connectivity index (χ4n) is 0.869. The van der Waals surface area contributed by atoms with Gasteiger partial charge in [0.25, 0.3) is 0 Å². The number of hydrogen-bond acceptors (Lipinski definition) is 3. The zero-order valence-electron chi connectivity index (χ0n) is 7.48. The van der Waals surface area contributed by atoms with Crippen LogP contribution in [0.1, 0.15) is 27.2 Å². The first-order chi connectivity index (χ1) is 5.08. The number of thioether (sulfide) groups is 1. The van der Waals surface area contributed by atoms with Gasteiger partial charge in [0.05, 0.1) is 0 Å². The first kappa shape index (κ1) is 8.91. The number of hydrogen-bond donors (Lipinski definition) is 1. The van der Waals surface area contributed by atoms with Crippen molar-refractivity contribution in [3.05, 3.63) is 0 Å². The van der Waals surface area contributed by atoms with Crippen LogP contribution in [0.15, 0.2) is 4.99 Å². The summed E-state index contributed by atoms with van der Waals surface area (Å²) < 4.78 is 0.281. The first-order valence-electron chi connectivity index (χ1n) is 4.05. The lowest BCUT2D eigenvalue weighted by Crippen LogP contribution is -2.30. The van der Waals surface area contributed by atoms with Crippen molar-refractivity contribution in [3.8, 4) is 0 Å². The molecule has 2 nitrogen and oxygen atoms in total. The second-order valence-electron chi connectivity index (χ2n) is 3.68. The van der Waals surface area contributed by atoms with E-state index in [1.165, 1.54) is 6.42 Å². The number of rotatable bonds is 0. The molecule has 0 bridgehead atoms. The van der Waals surface area contributed by atoms with Gasteiger partial charge in [-0.1, -0.05) is 32.5 Å². The Morgan fingerprint density at radius 2 is 2.18 bits per heavy atom. The highest BCUT2D eigenvalue weighted by Gasteiger charge is 2.15. The van der Waals surface area contributed by atoms with Gasteiger partial charge in [-0.25, -0.2) is 0 Å². The standard InChI is InChI=1S/C8H16N2S/c1-8(2,3)11-7-9-5-4-6-10-7/h4-6H2,1-3H3,(H,9,10). The highest BCUT2D eigenvalue weighted by molar-refractivity contribution is 8.14. The predicted octanol–water partition coefficient (Wildman–Crippen LogP) is 1.87. The molecule has 0 unspecified atom stereocenters. The molecule has 11 heavy (non-hydrogen) atoms. The summed E-state index contributed by atoms with van der Waals surface area (Å²) in [7, 11) is 0. The summed E-state index contributed by atoms with van der Waals surface area (Å²) in [6, 6.07) is 0. The van der Waals surface area contributed by atoms with E-state index in [4.69, 9.17) is 0 Å². The molecular weight excluding hydrogens is 156 g/mol. The fraction of sp³-hybridized carbons (Fsp3) is 0.875. The molecule has 0 fully saturated rings. The number of nitrogens with zero attached hydrogens (tertiary/aromatic N) is 1. The molecule has 0 aromatic heterocycles. The van der Waals surface area contributed by atoms with Gasteiger partial charge in [0, 0.05) is 17.8 Å². The summed E-state index contributed by atoms with van der Waals surface area (Å²) >= 11 is 1.82. The summed E-state index contributed by atoms with van der Waals surface area (Å²) in [5, 5.41) is 4.40. The van der Waals surface area contributed by atoms with E-state index in [2.05, 4.69) is 31.1 Å². The summed E-state index contributed by atoms with van der Waals surface area (Å²) in [6.07, 6.45) is 1.17. The van der Waals surface area contributed by atoms with E-state index < -0.39 is 0 Å². The Morgan fingerprint density at radius 1 is 1.45 bits per heavy atom. The van der Waals surface area contributed by atoms with Gasteiger partial charge in [-0.15, -0.1) is 0 Å². The molecule has 0 saturated carbocycles. The molecular formula is C8H16N2S. The van der Waals surface area contributed by atoms with Gasteiger partial charge in [0.1, 0.15) is 0 Å². The minimum atomic E-state index is 0.281. The number of nitrogens with one attached hydrogen (secondary N) is 1. The fourth-order valence-corrected chi connectivity index (χ4v) is 1.78. The highest BCUT2D eigenvalue weighted by Crippen LogP contribution is 2.24. The zero-order chi connectivity index (χ0) is 8.32. The van der Waals surface area contributed by atoms with E-state index in [0.717, 1.165) is 18.3 Å². The lowest BCUT2D eigenvalue weighted by Gasteiger charge is -2.21. The van der Waals surface area contributed by atoms with E-state index in [9.17, 15) is 0 Å². The molecule has 0 spiro atoms. The predicted molar refractivity (Wildman–Crippen MR) is 52.3 cm³/mol. The molecule has 0 saturated heterocycles. The van der Waals surface area contributed by atoms with Crippen molar-refractivity contribution >= 4 is 16.9 Å². The van der Waals surface area contributed by atoms with Gasteiger partial charge < -0.3 is 5.32 Å².